The lowest BCUT2D eigenvalue weighted by Crippen LogP contribution is -2.30. The summed E-state index contributed by atoms with van der Waals surface area (Å²) in [7, 11) is 1.63. The van der Waals surface area contributed by atoms with Crippen LogP contribution in [0.15, 0.2) is 23.2 Å². The SMILES string of the molecule is CCNC(=NCc1nnc2n1CCC2)Nc1ccc(OC)c(OCC)c1.I. The van der Waals surface area contributed by atoms with Crippen LogP contribution in [0.3, 0.4) is 0 Å². The molecule has 0 saturated carbocycles. The van der Waals surface area contributed by atoms with E-state index in [1.54, 1.807) is 7.11 Å². The van der Waals surface area contributed by atoms with Crippen LogP contribution in [-0.2, 0) is 19.5 Å². The van der Waals surface area contributed by atoms with Crippen molar-refractivity contribution in [1.29, 1.82) is 0 Å². The Morgan fingerprint density at radius 2 is 2.11 bits per heavy atom. The Kier molecular flexibility index (Phi) is 8.14. The van der Waals surface area contributed by atoms with Crippen molar-refractivity contribution in [3.8, 4) is 11.5 Å². The molecule has 2 heterocycles. The zero-order valence-corrected chi connectivity index (χ0v) is 18.3. The monoisotopic (exact) mass is 486 g/mol. The fourth-order valence-corrected chi connectivity index (χ4v) is 2.94. The number of benzene rings is 1. The minimum atomic E-state index is 0. The van der Waals surface area contributed by atoms with E-state index in [9.17, 15) is 0 Å². The molecule has 0 fully saturated rings. The number of aryl methyl sites for hydroxylation is 1. The normalized spacial score (nSPS) is 12.9. The van der Waals surface area contributed by atoms with Gasteiger partial charge in [-0.25, -0.2) is 4.99 Å². The van der Waals surface area contributed by atoms with E-state index < -0.39 is 0 Å². The van der Waals surface area contributed by atoms with E-state index in [0.717, 1.165) is 43.3 Å². The van der Waals surface area contributed by atoms with Gasteiger partial charge in [0.25, 0.3) is 0 Å². The van der Waals surface area contributed by atoms with Crippen molar-refractivity contribution in [1.82, 2.24) is 20.1 Å². The van der Waals surface area contributed by atoms with Gasteiger partial charge in [-0.3, -0.25) is 0 Å². The molecule has 9 heteroatoms. The molecular formula is C18H27IN6O2. The molecule has 3 rings (SSSR count). The molecule has 1 aromatic heterocycles. The van der Waals surface area contributed by atoms with Gasteiger partial charge in [0.1, 0.15) is 12.4 Å². The van der Waals surface area contributed by atoms with E-state index >= 15 is 0 Å². The highest BCUT2D eigenvalue weighted by Gasteiger charge is 2.16. The number of aromatic nitrogens is 3. The molecule has 1 aromatic carbocycles. The number of halogens is 1. The van der Waals surface area contributed by atoms with E-state index in [1.165, 1.54) is 0 Å². The van der Waals surface area contributed by atoms with Gasteiger partial charge in [0.2, 0.25) is 0 Å². The predicted octanol–water partition coefficient (Wildman–Crippen LogP) is 2.83. The highest BCUT2D eigenvalue weighted by atomic mass is 127. The third-order valence-corrected chi connectivity index (χ3v) is 4.14. The highest BCUT2D eigenvalue weighted by molar-refractivity contribution is 14.0. The van der Waals surface area contributed by atoms with Crippen LogP contribution < -0.4 is 20.1 Å². The summed E-state index contributed by atoms with van der Waals surface area (Å²) < 4.78 is 13.1. The van der Waals surface area contributed by atoms with Crippen LogP contribution in [0.1, 0.15) is 31.9 Å². The standard InChI is InChI=1S/C18H26N6O2.HI/c1-4-19-18(20-12-17-23-22-16-7-6-10-24(16)17)21-13-8-9-14(25-3)15(11-13)26-5-2;/h8-9,11H,4-7,10,12H2,1-3H3,(H2,19,20,21);1H. The number of anilines is 1. The number of rotatable bonds is 7. The lowest BCUT2D eigenvalue weighted by molar-refractivity contribution is 0.311. The van der Waals surface area contributed by atoms with Crippen molar-refractivity contribution in [2.24, 2.45) is 4.99 Å². The van der Waals surface area contributed by atoms with E-state index in [1.807, 2.05) is 32.0 Å². The number of nitrogens with zero attached hydrogens (tertiary/aromatic N) is 4. The second-order valence-corrected chi connectivity index (χ2v) is 5.91. The molecule has 0 unspecified atom stereocenters. The quantitative estimate of drug-likeness (QED) is 0.356. The number of ether oxygens (including phenoxy) is 2. The molecule has 0 atom stereocenters. The van der Waals surface area contributed by atoms with Crippen LogP contribution in [0.2, 0.25) is 0 Å². The van der Waals surface area contributed by atoms with Crippen molar-refractivity contribution in [2.45, 2.75) is 39.8 Å². The first-order valence-corrected chi connectivity index (χ1v) is 9.02. The number of nitrogens with one attached hydrogen (secondary N) is 2. The summed E-state index contributed by atoms with van der Waals surface area (Å²) in [4.78, 5) is 4.65. The molecule has 1 aliphatic heterocycles. The molecule has 0 spiro atoms. The summed E-state index contributed by atoms with van der Waals surface area (Å²) in [5, 5.41) is 15.0. The van der Waals surface area contributed by atoms with E-state index in [-0.39, 0.29) is 24.0 Å². The first-order chi connectivity index (χ1) is 12.7. The van der Waals surface area contributed by atoms with Crippen LogP contribution in [0, 0.1) is 0 Å². The van der Waals surface area contributed by atoms with Gasteiger partial charge in [0.15, 0.2) is 23.3 Å². The number of aliphatic imine (C=N–C) groups is 1. The van der Waals surface area contributed by atoms with E-state index in [4.69, 9.17) is 9.47 Å². The van der Waals surface area contributed by atoms with Gasteiger partial charge in [-0.15, -0.1) is 34.2 Å². The van der Waals surface area contributed by atoms with E-state index in [0.29, 0.717) is 30.6 Å². The summed E-state index contributed by atoms with van der Waals surface area (Å²) in [5.74, 6) is 4.06. The average Bonchev–Trinajstić information content (AvgIpc) is 3.24. The smallest absolute Gasteiger partial charge is 0.196 e. The second kappa shape index (κ2) is 10.3. The average molecular weight is 486 g/mol. The van der Waals surface area contributed by atoms with Crippen LogP contribution >= 0.6 is 24.0 Å². The Hall–Kier alpha value is -2.04. The first-order valence-electron chi connectivity index (χ1n) is 9.02. The Morgan fingerprint density at radius 3 is 2.85 bits per heavy atom. The fourth-order valence-electron chi connectivity index (χ4n) is 2.94. The number of hydrogen-bond acceptors (Lipinski definition) is 5. The van der Waals surface area contributed by atoms with Crippen molar-refractivity contribution in [3.05, 3.63) is 29.8 Å². The third kappa shape index (κ3) is 5.24. The van der Waals surface area contributed by atoms with Crippen LogP contribution in [-0.4, -0.2) is 41.0 Å². The van der Waals surface area contributed by atoms with Crippen LogP contribution in [0.25, 0.3) is 0 Å². The van der Waals surface area contributed by atoms with Crippen molar-refractivity contribution >= 4 is 35.6 Å². The summed E-state index contributed by atoms with van der Waals surface area (Å²) >= 11 is 0. The van der Waals surface area contributed by atoms with Gasteiger partial charge < -0.3 is 24.7 Å². The number of methoxy groups -OCH3 is 1. The van der Waals surface area contributed by atoms with Gasteiger partial charge in [-0.05, 0) is 32.4 Å². The minimum Gasteiger partial charge on any atom is -0.493 e. The van der Waals surface area contributed by atoms with Crippen molar-refractivity contribution in [2.75, 3.05) is 25.6 Å². The molecule has 1 aliphatic rings. The maximum Gasteiger partial charge on any atom is 0.196 e. The lowest BCUT2D eigenvalue weighted by atomic mass is 10.2. The number of guanidine groups is 1. The summed E-state index contributed by atoms with van der Waals surface area (Å²) in [6, 6.07) is 5.72. The predicted molar refractivity (Wildman–Crippen MR) is 116 cm³/mol. The van der Waals surface area contributed by atoms with Gasteiger partial charge >= 0.3 is 0 Å². The zero-order valence-electron chi connectivity index (χ0n) is 16.0. The Bertz CT molecular complexity index is 777. The maximum absolute atomic E-state index is 5.63. The third-order valence-electron chi connectivity index (χ3n) is 4.14. The molecule has 0 saturated heterocycles. The summed E-state index contributed by atoms with van der Waals surface area (Å²) in [5.41, 5.74) is 0.875. The molecule has 0 radical (unpaired) electrons. The molecule has 0 bridgehead atoms. The summed E-state index contributed by atoms with van der Waals surface area (Å²) in [6.45, 7) is 6.78. The summed E-state index contributed by atoms with van der Waals surface area (Å²) in [6.07, 6.45) is 2.13. The fraction of sp³-hybridized carbons (Fsp3) is 0.500. The van der Waals surface area contributed by atoms with Gasteiger partial charge in [0, 0.05) is 31.3 Å². The molecule has 2 N–H and O–H groups in total. The number of fused-ring (bicyclic) bond motifs is 1. The Balaban J connectivity index is 0.00000261. The van der Waals surface area contributed by atoms with Crippen LogP contribution in [0.4, 0.5) is 5.69 Å². The number of hydrogen-bond donors (Lipinski definition) is 2. The molecule has 8 nitrogen and oxygen atoms in total. The maximum atomic E-state index is 5.63. The van der Waals surface area contributed by atoms with Crippen LogP contribution in [0.5, 0.6) is 11.5 Å². The Labute approximate surface area is 176 Å². The minimum absolute atomic E-state index is 0. The van der Waals surface area contributed by atoms with E-state index in [2.05, 4.69) is 30.4 Å². The molecule has 148 valence electrons. The molecule has 0 amide bonds. The largest absolute Gasteiger partial charge is 0.493 e. The Morgan fingerprint density at radius 1 is 1.26 bits per heavy atom. The topological polar surface area (TPSA) is 85.6 Å². The molecule has 0 aliphatic carbocycles. The first kappa shape index (κ1) is 21.3. The molecule has 2 aromatic rings. The van der Waals surface area contributed by atoms with Gasteiger partial charge in [0.05, 0.1) is 13.7 Å². The zero-order chi connectivity index (χ0) is 18.4. The van der Waals surface area contributed by atoms with Gasteiger partial charge in [-0.2, -0.15) is 0 Å². The van der Waals surface area contributed by atoms with Crippen molar-refractivity contribution < 1.29 is 9.47 Å². The van der Waals surface area contributed by atoms with Gasteiger partial charge in [-0.1, -0.05) is 0 Å². The lowest BCUT2D eigenvalue weighted by Gasteiger charge is -2.14. The van der Waals surface area contributed by atoms with Crippen molar-refractivity contribution in [3.63, 3.8) is 0 Å². The molecular weight excluding hydrogens is 459 g/mol. The molecule has 27 heavy (non-hydrogen) atoms. The second-order valence-electron chi connectivity index (χ2n) is 5.91. The highest BCUT2D eigenvalue weighted by Crippen LogP contribution is 2.30.